The molecule has 23 heavy (non-hydrogen) atoms. The van der Waals surface area contributed by atoms with Crippen LogP contribution in [0, 0.1) is 5.41 Å². The number of hydrogen-bond donors (Lipinski definition) is 1. The zero-order valence-electron chi connectivity index (χ0n) is 14.1. The van der Waals surface area contributed by atoms with Crippen molar-refractivity contribution in [1.29, 1.82) is 0 Å². The van der Waals surface area contributed by atoms with Crippen LogP contribution in [0.25, 0.3) is 6.08 Å². The van der Waals surface area contributed by atoms with Crippen LogP contribution in [0.3, 0.4) is 0 Å². The Hall–Kier alpha value is -1.49. The molecular formula is C18H24BrNO3. The summed E-state index contributed by atoms with van der Waals surface area (Å²) in [6.45, 7) is 6.84. The summed E-state index contributed by atoms with van der Waals surface area (Å²) in [6, 6.07) is 5.96. The minimum absolute atomic E-state index is 0.00551. The second-order valence-corrected chi connectivity index (χ2v) is 7.95. The zero-order chi connectivity index (χ0) is 17.2. The lowest BCUT2D eigenvalue weighted by molar-refractivity contribution is 0.0724. The first-order chi connectivity index (χ1) is 10.7. The lowest BCUT2D eigenvalue weighted by Gasteiger charge is -2.42. The van der Waals surface area contributed by atoms with Gasteiger partial charge in [-0.3, -0.25) is 0 Å². The van der Waals surface area contributed by atoms with E-state index in [2.05, 4.69) is 42.8 Å². The number of rotatable bonds is 2. The van der Waals surface area contributed by atoms with Crippen molar-refractivity contribution >= 4 is 28.1 Å². The molecule has 0 aliphatic carbocycles. The Morgan fingerprint density at radius 3 is 2.65 bits per heavy atom. The summed E-state index contributed by atoms with van der Waals surface area (Å²) >= 11 is 3.50. The van der Waals surface area contributed by atoms with Gasteiger partial charge in [0.1, 0.15) is 5.75 Å². The highest BCUT2D eigenvalue weighted by Crippen LogP contribution is 2.35. The topological polar surface area (TPSA) is 49.8 Å². The van der Waals surface area contributed by atoms with Gasteiger partial charge in [0.25, 0.3) is 0 Å². The summed E-state index contributed by atoms with van der Waals surface area (Å²) in [7, 11) is 1.65. The molecule has 0 aromatic heterocycles. The molecule has 1 aromatic rings. The molecule has 1 heterocycles. The van der Waals surface area contributed by atoms with Gasteiger partial charge in [-0.05, 0) is 42.0 Å². The average molecular weight is 382 g/mol. The lowest BCUT2D eigenvalue weighted by Crippen LogP contribution is -2.50. The summed E-state index contributed by atoms with van der Waals surface area (Å²) < 4.78 is 6.27. The van der Waals surface area contributed by atoms with Gasteiger partial charge in [-0.2, -0.15) is 0 Å². The smallest absolute Gasteiger partial charge is 0.407 e. The van der Waals surface area contributed by atoms with E-state index in [1.807, 2.05) is 18.2 Å². The molecule has 1 saturated heterocycles. The van der Waals surface area contributed by atoms with Crippen LogP contribution in [0.15, 0.2) is 28.2 Å². The maximum absolute atomic E-state index is 11.5. The molecule has 5 heteroatoms. The quantitative estimate of drug-likeness (QED) is 0.781. The number of nitrogens with zero attached hydrogens (tertiary/aromatic N) is 1. The fourth-order valence-electron chi connectivity index (χ4n) is 3.04. The number of piperidine rings is 1. The van der Waals surface area contributed by atoms with Crippen molar-refractivity contribution in [3.8, 4) is 5.75 Å². The van der Waals surface area contributed by atoms with Gasteiger partial charge in [0.15, 0.2) is 0 Å². The number of carbonyl (C=O) groups is 1. The van der Waals surface area contributed by atoms with E-state index in [0.29, 0.717) is 6.54 Å². The highest BCUT2D eigenvalue weighted by Gasteiger charge is 2.36. The Balaban J connectivity index is 2.28. The highest BCUT2D eigenvalue weighted by molar-refractivity contribution is 9.10. The number of benzene rings is 1. The molecule has 1 fully saturated rings. The van der Waals surface area contributed by atoms with Crippen molar-refractivity contribution in [3.05, 3.63) is 33.8 Å². The van der Waals surface area contributed by atoms with Crippen LogP contribution in [-0.2, 0) is 0 Å². The predicted octanol–water partition coefficient (Wildman–Crippen LogP) is 5.03. The second kappa shape index (κ2) is 6.95. The minimum atomic E-state index is -0.826. The molecular weight excluding hydrogens is 358 g/mol. The fraction of sp³-hybridized carbons (Fsp3) is 0.500. The van der Waals surface area contributed by atoms with Gasteiger partial charge in [0.05, 0.1) is 7.11 Å². The first-order valence-corrected chi connectivity index (χ1v) is 8.53. The third-order valence-corrected chi connectivity index (χ3v) is 4.71. The largest absolute Gasteiger partial charge is 0.497 e. The number of carboxylic acid groups (broad SMARTS) is 1. The predicted molar refractivity (Wildman–Crippen MR) is 95.9 cm³/mol. The highest BCUT2D eigenvalue weighted by atomic mass is 79.9. The molecule has 0 spiro atoms. The van der Waals surface area contributed by atoms with Crippen LogP contribution in [0.4, 0.5) is 4.79 Å². The molecule has 0 radical (unpaired) electrons. The molecule has 1 N–H and O–H groups in total. The van der Waals surface area contributed by atoms with Crippen LogP contribution in [-0.4, -0.2) is 35.8 Å². The molecule has 1 unspecified atom stereocenters. The first-order valence-electron chi connectivity index (χ1n) is 7.74. The van der Waals surface area contributed by atoms with Crippen LogP contribution in [0.2, 0.25) is 0 Å². The average Bonchev–Trinajstić information content (AvgIpc) is 2.45. The van der Waals surface area contributed by atoms with Crippen LogP contribution in [0.1, 0.15) is 39.2 Å². The first kappa shape index (κ1) is 17.9. The minimum Gasteiger partial charge on any atom is -0.497 e. The van der Waals surface area contributed by atoms with Crippen LogP contribution in [0.5, 0.6) is 5.75 Å². The Kier molecular flexibility index (Phi) is 5.40. The Bertz CT molecular complexity index is 619. The molecule has 1 amide bonds. The molecule has 1 aromatic carbocycles. The lowest BCUT2D eigenvalue weighted by atomic mass is 9.79. The summed E-state index contributed by atoms with van der Waals surface area (Å²) in [5, 5.41) is 9.44. The summed E-state index contributed by atoms with van der Waals surface area (Å²) in [5.41, 5.74) is 2.26. The maximum atomic E-state index is 11.5. The van der Waals surface area contributed by atoms with Gasteiger partial charge in [-0.25, -0.2) is 4.79 Å². The van der Waals surface area contributed by atoms with Gasteiger partial charge in [-0.1, -0.05) is 48.4 Å². The Morgan fingerprint density at radius 2 is 2.09 bits per heavy atom. The van der Waals surface area contributed by atoms with Gasteiger partial charge < -0.3 is 14.7 Å². The number of methoxy groups -OCH3 is 1. The van der Waals surface area contributed by atoms with Gasteiger partial charge >= 0.3 is 6.09 Å². The molecule has 1 aliphatic heterocycles. The molecule has 126 valence electrons. The van der Waals surface area contributed by atoms with E-state index in [4.69, 9.17) is 4.74 Å². The number of ether oxygens (including phenoxy) is 1. The van der Waals surface area contributed by atoms with E-state index in [-0.39, 0.29) is 11.5 Å². The Morgan fingerprint density at radius 1 is 1.39 bits per heavy atom. The van der Waals surface area contributed by atoms with Crippen LogP contribution >= 0.6 is 15.9 Å². The van der Waals surface area contributed by atoms with E-state index in [0.717, 1.165) is 28.6 Å². The molecule has 0 bridgehead atoms. The standard InChI is InChI=1S/C18H24BrNO3/c1-18(2,3)16-10-12(5-6-20(16)17(21)22)7-13-8-14(19)11-15(9-13)23-4/h7-9,11,16H,5-6,10H2,1-4H3,(H,21,22). The van der Waals surface area contributed by atoms with E-state index in [1.54, 1.807) is 12.0 Å². The second-order valence-electron chi connectivity index (χ2n) is 7.04. The molecule has 1 atom stereocenters. The fourth-order valence-corrected chi connectivity index (χ4v) is 3.53. The molecule has 2 rings (SSSR count). The summed E-state index contributed by atoms with van der Waals surface area (Å²) in [6.07, 6.45) is 2.87. The van der Waals surface area contributed by atoms with Crippen molar-refractivity contribution in [2.24, 2.45) is 5.41 Å². The van der Waals surface area contributed by atoms with Crippen molar-refractivity contribution in [3.63, 3.8) is 0 Å². The van der Waals surface area contributed by atoms with Crippen LogP contribution < -0.4 is 4.74 Å². The van der Waals surface area contributed by atoms with Crippen molar-refractivity contribution in [2.45, 2.75) is 39.7 Å². The van der Waals surface area contributed by atoms with Crippen molar-refractivity contribution < 1.29 is 14.6 Å². The number of amides is 1. The van der Waals surface area contributed by atoms with Gasteiger partial charge in [-0.15, -0.1) is 0 Å². The van der Waals surface area contributed by atoms with Gasteiger partial charge in [0, 0.05) is 17.1 Å². The third-order valence-electron chi connectivity index (χ3n) is 4.25. The van der Waals surface area contributed by atoms with E-state index < -0.39 is 6.09 Å². The zero-order valence-corrected chi connectivity index (χ0v) is 15.7. The van der Waals surface area contributed by atoms with E-state index >= 15 is 0 Å². The molecule has 1 aliphatic rings. The SMILES string of the molecule is COc1cc(Br)cc(C=C2CCN(C(=O)O)C(C(C)(C)C)C2)c1. The number of halogens is 1. The van der Waals surface area contributed by atoms with Gasteiger partial charge in [0.2, 0.25) is 0 Å². The van der Waals surface area contributed by atoms with E-state index in [9.17, 15) is 9.90 Å². The maximum Gasteiger partial charge on any atom is 0.407 e. The summed E-state index contributed by atoms with van der Waals surface area (Å²) in [5.74, 6) is 0.807. The van der Waals surface area contributed by atoms with E-state index in [1.165, 1.54) is 5.57 Å². The third kappa shape index (κ3) is 4.50. The monoisotopic (exact) mass is 381 g/mol. The normalized spacial score (nSPS) is 20.7. The summed E-state index contributed by atoms with van der Waals surface area (Å²) in [4.78, 5) is 13.1. The number of likely N-dealkylation sites (tertiary alicyclic amines) is 1. The van der Waals surface area contributed by atoms with Crippen molar-refractivity contribution in [2.75, 3.05) is 13.7 Å². The van der Waals surface area contributed by atoms with Crippen molar-refractivity contribution in [1.82, 2.24) is 4.90 Å². The Labute approximate surface area is 146 Å². The number of hydrogen-bond acceptors (Lipinski definition) is 2. The molecule has 0 saturated carbocycles. The molecule has 4 nitrogen and oxygen atoms in total.